The van der Waals surface area contributed by atoms with Crippen LogP contribution in [0.15, 0.2) is 23.1 Å². The number of carbonyl (C=O) groups is 1. The van der Waals surface area contributed by atoms with Crippen molar-refractivity contribution in [1.82, 2.24) is 0 Å². The van der Waals surface area contributed by atoms with Crippen molar-refractivity contribution in [2.24, 2.45) is 5.73 Å². The summed E-state index contributed by atoms with van der Waals surface area (Å²) in [5.74, 6) is -0.839. The van der Waals surface area contributed by atoms with Crippen LogP contribution < -0.4 is 5.73 Å². The Morgan fingerprint density at radius 3 is 2.53 bits per heavy atom. The zero-order valence-corrected chi connectivity index (χ0v) is 8.06. The predicted octanol–water partition coefficient (Wildman–Crippen LogP) is 0.274. The monoisotopic (exact) mass is 230 g/mol. The van der Waals surface area contributed by atoms with Gasteiger partial charge in [-0.2, -0.15) is 0 Å². The number of amides is 1. The van der Waals surface area contributed by atoms with E-state index in [2.05, 4.69) is 0 Å². The second-order valence-corrected chi connectivity index (χ2v) is 3.49. The quantitative estimate of drug-likeness (QED) is 0.438. The van der Waals surface area contributed by atoms with Crippen LogP contribution in [0.25, 0.3) is 0 Å². The molecule has 80 valence electrons. The van der Waals surface area contributed by atoms with Gasteiger partial charge >= 0.3 is 0 Å². The molecule has 0 saturated carbocycles. The summed E-state index contributed by atoms with van der Waals surface area (Å²) in [5.41, 5.74) is 4.22. The maximum atomic E-state index is 10.7. The topological polar surface area (TPSA) is 124 Å². The molecule has 0 aliphatic heterocycles. The maximum Gasteiger partial charge on any atom is 0.288 e. The average Bonchev–Trinajstić information content (AvgIpc) is 2.16. The van der Waals surface area contributed by atoms with E-state index in [0.29, 0.717) is 0 Å². The van der Waals surface area contributed by atoms with Gasteiger partial charge in [0.25, 0.3) is 5.69 Å². The van der Waals surface area contributed by atoms with Crippen molar-refractivity contribution < 1.29 is 18.5 Å². The minimum Gasteiger partial charge on any atom is -0.366 e. The highest BCUT2D eigenvalue weighted by Crippen LogP contribution is 2.22. The first-order chi connectivity index (χ1) is 6.93. The van der Waals surface area contributed by atoms with Gasteiger partial charge in [-0.3, -0.25) is 14.9 Å². The Morgan fingerprint density at radius 1 is 1.53 bits per heavy atom. The predicted molar refractivity (Wildman–Crippen MR) is 50.7 cm³/mol. The molecule has 0 spiro atoms. The Labute approximate surface area is 86.3 Å². The minimum absolute atomic E-state index is 0.0871. The number of benzene rings is 1. The van der Waals surface area contributed by atoms with E-state index >= 15 is 0 Å². The van der Waals surface area contributed by atoms with E-state index in [1.165, 1.54) is 0 Å². The van der Waals surface area contributed by atoms with E-state index in [-0.39, 0.29) is 10.5 Å². The lowest BCUT2D eigenvalue weighted by molar-refractivity contribution is -0.387. The van der Waals surface area contributed by atoms with Crippen molar-refractivity contribution in [3.63, 3.8) is 0 Å². The first kappa shape index (κ1) is 11.3. The molecule has 0 fully saturated rings. The molecule has 0 aliphatic carbocycles. The standard InChI is InChI=1S/C7H6N2O5S/c8-7(10)4-1-2-6(15(13)14)5(3-4)9(11)12/h1-3H,(H2,8,10)(H,13,14). The number of carbonyl (C=O) groups excluding carboxylic acids is 1. The molecule has 0 radical (unpaired) electrons. The number of hydrogen-bond acceptors (Lipinski definition) is 4. The molecular weight excluding hydrogens is 224 g/mol. The third kappa shape index (κ3) is 2.36. The molecule has 1 rings (SSSR count). The fourth-order valence-electron chi connectivity index (χ4n) is 0.961. The van der Waals surface area contributed by atoms with Crippen LogP contribution in [-0.4, -0.2) is 19.6 Å². The molecule has 3 N–H and O–H groups in total. The van der Waals surface area contributed by atoms with Crippen molar-refractivity contribution in [3.05, 3.63) is 33.9 Å². The molecule has 0 heterocycles. The summed E-state index contributed by atoms with van der Waals surface area (Å²) in [4.78, 5) is 20.0. The van der Waals surface area contributed by atoms with Gasteiger partial charge in [-0.25, -0.2) is 4.21 Å². The number of nitrogens with zero attached hydrogens (tertiary/aromatic N) is 1. The van der Waals surface area contributed by atoms with Crippen LogP contribution in [0.3, 0.4) is 0 Å². The Hall–Kier alpha value is -1.80. The largest absolute Gasteiger partial charge is 0.366 e. The first-order valence-electron chi connectivity index (χ1n) is 3.62. The summed E-state index contributed by atoms with van der Waals surface area (Å²) in [6, 6.07) is 3.04. The highest BCUT2D eigenvalue weighted by Gasteiger charge is 2.19. The molecule has 1 atom stereocenters. The lowest BCUT2D eigenvalue weighted by Crippen LogP contribution is -2.11. The van der Waals surface area contributed by atoms with Crippen LogP contribution in [0.4, 0.5) is 5.69 Å². The summed E-state index contributed by atoms with van der Waals surface area (Å²) in [7, 11) is 0. The fourth-order valence-corrected chi connectivity index (χ4v) is 1.46. The minimum atomic E-state index is -2.48. The van der Waals surface area contributed by atoms with Gasteiger partial charge in [0.05, 0.1) is 4.92 Å². The second-order valence-electron chi connectivity index (χ2n) is 2.55. The molecule has 0 bridgehead atoms. The van der Waals surface area contributed by atoms with Crippen LogP contribution >= 0.6 is 0 Å². The molecule has 0 aromatic heterocycles. The van der Waals surface area contributed by atoms with Crippen molar-refractivity contribution >= 4 is 22.7 Å². The van der Waals surface area contributed by atoms with E-state index < -0.39 is 27.6 Å². The smallest absolute Gasteiger partial charge is 0.288 e. The van der Waals surface area contributed by atoms with Gasteiger partial charge in [0.15, 0.2) is 11.1 Å². The molecule has 15 heavy (non-hydrogen) atoms. The SMILES string of the molecule is NC(=O)c1ccc(S(=O)O)c([N+](=O)[O-])c1. The van der Waals surface area contributed by atoms with Crippen LogP contribution in [0.2, 0.25) is 0 Å². The number of rotatable bonds is 3. The molecule has 1 unspecified atom stereocenters. The van der Waals surface area contributed by atoms with Crippen LogP contribution in [0, 0.1) is 10.1 Å². The third-order valence-electron chi connectivity index (χ3n) is 1.63. The lowest BCUT2D eigenvalue weighted by Gasteiger charge is -1.99. The van der Waals surface area contributed by atoms with E-state index in [1.807, 2.05) is 0 Å². The Bertz CT molecular complexity index is 459. The molecule has 0 saturated heterocycles. The van der Waals surface area contributed by atoms with Crippen LogP contribution in [0.5, 0.6) is 0 Å². The highest BCUT2D eigenvalue weighted by molar-refractivity contribution is 7.79. The second kappa shape index (κ2) is 4.15. The Balaban J connectivity index is 3.40. The van der Waals surface area contributed by atoms with Crippen molar-refractivity contribution in [1.29, 1.82) is 0 Å². The van der Waals surface area contributed by atoms with Gasteiger partial charge in [-0.1, -0.05) is 0 Å². The van der Waals surface area contributed by atoms with Gasteiger partial charge in [0.2, 0.25) is 5.91 Å². The average molecular weight is 230 g/mol. The summed E-state index contributed by atoms with van der Waals surface area (Å²) in [6.45, 7) is 0. The zero-order valence-electron chi connectivity index (χ0n) is 7.25. The van der Waals surface area contributed by atoms with E-state index in [1.54, 1.807) is 0 Å². The van der Waals surface area contributed by atoms with Crippen molar-refractivity contribution in [2.45, 2.75) is 4.90 Å². The molecule has 1 aromatic carbocycles. The molecule has 8 heteroatoms. The van der Waals surface area contributed by atoms with Gasteiger partial charge in [-0.05, 0) is 12.1 Å². The van der Waals surface area contributed by atoms with E-state index in [0.717, 1.165) is 18.2 Å². The van der Waals surface area contributed by atoms with Gasteiger partial charge in [0, 0.05) is 11.6 Å². The molecule has 1 aromatic rings. The number of nitrogens with two attached hydrogens (primary N) is 1. The number of nitro groups is 1. The summed E-state index contributed by atoms with van der Waals surface area (Å²) < 4.78 is 19.4. The Morgan fingerprint density at radius 2 is 2.13 bits per heavy atom. The third-order valence-corrected chi connectivity index (χ3v) is 2.35. The van der Waals surface area contributed by atoms with Crippen molar-refractivity contribution in [3.8, 4) is 0 Å². The van der Waals surface area contributed by atoms with Crippen LogP contribution in [0.1, 0.15) is 10.4 Å². The Kier molecular flexibility index (Phi) is 3.12. The van der Waals surface area contributed by atoms with Crippen LogP contribution in [-0.2, 0) is 11.1 Å². The zero-order chi connectivity index (χ0) is 11.6. The number of hydrogen-bond donors (Lipinski definition) is 2. The van der Waals surface area contributed by atoms with Gasteiger partial charge in [0.1, 0.15) is 4.90 Å². The summed E-state index contributed by atoms with van der Waals surface area (Å²) >= 11 is -2.48. The maximum absolute atomic E-state index is 10.7. The number of primary amides is 1. The fraction of sp³-hybridized carbons (Fsp3) is 0. The summed E-state index contributed by atoms with van der Waals surface area (Å²) in [5, 5.41) is 10.5. The highest BCUT2D eigenvalue weighted by atomic mass is 32.2. The molecule has 7 nitrogen and oxygen atoms in total. The summed E-state index contributed by atoms with van der Waals surface area (Å²) in [6.07, 6.45) is 0. The molecule has 1 amide bonds. The normalized spacial score (nSPS) is 12.1. The van der Waals surface area contributed by atoms with Gasteiger partial charge < -0.3 is 10.3 Å². The van der Waals surface area contributed by atoms with E-state index in [9.17, 15) is 19.1 Å². The first-order valence-corrected chi connectivity index (χ1v) is 4.73. The number of nitro benzene ring substituents is 1. The van der Waals surface area contributed by atoms with E-state index in [4.69, 9.17) is 10.3 Å². The van der Waals surface area contributed by atoms with Gasteiger partial charge in [-0.15, -0.1) is 0 Å². The van der Waals surface area contributed by atoms with Crippen molar-refractivity contribution in [2.75, 3.05) is 0 Å². The molecule has 0 aliphatic rings. The lowest BCUT2D eigenvalue weighted by atomic mass is 10.2. The molecular formula is C7H6N2O5S.